The second-order valence-electron chi connectivity index (χ2n) is 8.99. The molecule has 0 aliphatic carbocycles. The first kappa shape index (κ1) is 31.1. The monoisotopic (exact) mass is 549 g/mol. The molecular formula is C28H39NO8S. The minimum Gasteiger partial charge on any atom is -0.497 e. The molecular weight excluding hydrogens is 510 g/mol. The SMILES string of the molecule is COc1ccc(CCCCCCCCOc2ccc(S(O)(O)CCCCC(=O)O)nc2C=CC(=O)O)cc1. The Morgan fingerprint density at radius 2 is 1.58 bits per heavy atom. The van der Waals surface area contributed by atoms with Gasteiger partial charge in [0.05, 0.1) is 13.7 Å². The van der Waals surface area contributed by atoms with Crippen molar-refractivity contribution in [1.82, 2.24) is 4.98 Å². The summed E-state index contributed by atoms with van der Waals surface area (Å²) in [6, 6.07) is 11.2. The second kappa shape index (κ2) is 16.7. The van der Waals surface area contributed by atoms with Gasteiger partial charge in [-0.1, -0.05) is 37.8 Å². The predicted octanol–water partition coefficient (Wildman–Crippen LogP) is 6.51. The van der Waals surface area contributed by atoms with Crippen molar-refractivity contribution in [3.63, 3.8) is 0 Å². The average Bonchev–Trinajstić information content (AvgIpc) is 2.89. The summed E-state index contributed by atoms with van der Waals surface area (Å²) in [5, 5.41) is 17.8. The van der Waals surface area contributed by atoms with E-state index in [4.69, 9.17) is 19.7 Å². The van der Waals surface area contributed by atoms with Crippen molar-refractivity contribution < 1.29 is 38.4 Å². The summed E-state index contributed by atoms with van der Waals surface area (Å²) in [4.78, 5) is 25.9. The van der Waals surface area contributed by atoms with Crippen molar-refractivity contribution in [2.24, 2.45) is 0 Å². The zero-order valence-corrected chi connectivity index (χ0v) is 22.7. The predicted molar refractivity (Wildman–Crippen MR) is 148 cm³/mol. The number of carboxylic acid groups (broad SMARTS) is 2. The summed E-state index contributed by atoms with van der Waals surface area (Å²) < 4.78 is 32.0. The molecule has 1 heterocycles. The molecule has 0 radical (unpaired) electrons. The van der Waals surface area contributed by atoms with Crippen molar-refractivity contribution in [2.45, 2.75) is 69.2 Å². The number of pyridine rings is 1. The van der Waals surface area contributed by atoms with Crippen LogP contribution in [0.15, 0.2) is 47.5 Å². The molecule has 0 atom stereocenters. The van der Waals surface area contributed by atoms with Crippen molar-refractivity contribution in [3.05, 3.63) is 53.7 Å². The molecule has 210 valence electrons. The molecule has 0 saturated carbocycles. The Hall–Kier alpha value is -3.08. The van der Waals surface area contributed by atoms with E-state index in [0.29, 0.717) is 25.2 Å². The molecule has 0 saturated heterocycles. The van der Waals surface area contributed by atoms with Gasteiger partial charge in [-0.2, -0.15) is 10.6 Å². The second-order valence-corrected chi connectivity index (χ2v) is 11.2. The third kappa shape index (κ3) is 12.0. The number of nitrogens with zero attached hydrogens (tertiary/aromatic N) is 1. The fourth-order valence-electron chi connectivity index (χ4n) is 3.81. The Morgan fingerprint density at radius 1 is 0.895 bits per heavy atom. The molecule has 0 amide bonds. The number of aryl methyl sites for hydroxylation is 1. The Morgan fingerprint density at radius 3 is 2.24 bits per heavy atom. The van der Waals surface area contributed by atoms with E-state index >= 15 is 0 Å². The van der Waals surface area contributed by atoms with E-state index < -0.39 is 22.5 Å². The normalized spacial score (nSPS) is 12.0. The zero-order valence-electron chi connectivity index (χ0n) is 21.9. The van der Waals surface area contributed by atoms with E-state index in [-0.39, 0.29) is 22.9 Å². The van der Waals surface area contributed by atoms with Gasteiger partial charge < -0.3 is 19.7 Å². The standard InChI is InChI=1S/C28H39NO8S/c1-36-23-14-12-22(13-15-23)10-6-4-2-3-5-8-20-37-25-17-18-26(29-24(25)16-19-28(32)33)38(34,35)21-9-7-11-27(30)31/h12-19,34-35H,2-11,20-21H2,1H3,(H,30,31)(H,32,33). The Labute approximate surface area is 225 Å². The van der Waals surface area contributed by atoms with Crippen LogP contribution in [0.25, 0.3) is 6.08 Å². The third-order valence-corrected chi connectivity index (χ3v) is 7.68. The van der Waals surface area contributed by atoms with Crippen LogP contribution in [0, 0.1) is 0 Å². The molecule has 0 aliphatic heterocycles. The van der Waals surface area contributed by atoms with E-state index in [1.54, 1.807) is 13.2 Å². The lowest BCUT2D eigenvalue weighted by Crippen LogP contribution is -2.08. The van der Waals surface area contributed by atoms with E-state index in [2.05, 4.69) is 17.1 Å². The van der Waals surface area contributed by atoms with Gasteiger partial charge in [-0.05, 0) is 68.0 Å². The summed E-state index contributed by atoms with van der Waals surface area (Å²) in [5.74, 6) is -0.877. The summed E-state index contributed by atoms with van der Waals surface area (Å²) in [7, 11) is -1.58. The maximum atomic E-state index is 11.0. The maximum Gasteiger partial charge on any atom is 0.328 e. The van der Waals surface area contributed by atoms with Crippen LogP contribution in [0.5, 0.6) is 11.5 Å². The number of aromatic nitrogens is 1. The first-order valence-electron chi connectivity index (χ1n) is 12.9. The summed E-state index contributed by atoms with van der Waals surface area (Å²) in [6.07, 6.45) is 10.2. The number of methoxy groups -OCH3 is 1. The summed E-state index contributed by atoms with van der Waals surface area (Å²) in [6.45, 7) is 0.437. The topological polar surface area (TPSA) is 146 Å². The minimum atomic E-state index is -3.24. The van der Waals surface area contributed by atoms with Crippen LogP contribution in [-0.2, 0) is 16.0 Å². The minimum absolute atomic E-state index is 0.0182. The van der Waals surface area contributed by atoms with Gasteiger partial charge in [0.15, 0.2) is 0 Å². The molecule has 0 unspecified atom stereocenters. The number of hydrogen-bond acceptors (Lipinski definition) is 7. The molecule has 9 nitrogen and oxygen atoms in total. The molecule has 38 heavy (non-hydrogen) atoms. The Kier molecular flexibility index (Phi) is 13.7. The molecule has 10 heteroatoms. The summed E-state index contributed by atoms with van der Waals surface area (Å²) >= 11 is 0. The van der Waals surface area contributed by atoms with Gasteiger partial charge in [-0.3, -0.25) is 13.9 Å². The number of rotatable bonds is 19. The van der Waals surface area contributed by atoms with E-state index in [0.717, 1.165) is 56.8 Å². The van der Waals surface area contributed by atoms with Gasteiger partial charge in [0.1, 0.15) is 22.2 Å². The smallest absolute Gasteiger partial charge is 0.328 e. The van der Waals surface area contributed by atoms with Crippen LogP contribution in [0.3, 0.4) is 0 Å². The number of carbonyl (C=O) groups is 2. The maximum absolute atomic E-state index is 11.0. The number of unbranched alkanes of at least 4 members (excludes halogenated alkanes) is 6. The Balaban J connectivity index is 1.77. The van der Waals surface area contributed by atoms with Crippen molar-refractivity contribution in [2.75, 3.05) is 19.5 Å². The van der Waals surface area contributed by atoms with Crippen LogP contribution in [0.1, 0.15) is 69.0 Å². The highest BCUT2D eigenvalue weighted by atomic mass is 32.3. The van der Waals surface area contributed by atoms with Gasteiger partial charge in [0.2, 0.25) is 0 Å². The summed E-state index contributed by atoms with van der Waals surface area (Å²) in [5.41, 5.74) is 1.51. The first-order valence-corrected chi connectivity index (χ1v) is 14.6. The molecule has 0 fully saturated rings. The highest BCUT2D eigenvalue weighted by molar-refractivity contribution is 8.24. The van der Waals surface area contributed by atoms with Gasteiger partial charge in [-0.15, -0.1) is 0 Å². The van der Waals surface area contributed by atoms with Crippen LogP contribution in [-0.4, -0.2) is 55.7 Å². The molecule has 1 aromatic heterocycles. The van der Waals surface area contributed by atoms with Crippen LogP contribution in [0.4, 0.5) is 0 Å². The van der Waals surface area contributed by atoms with E-state index in [9.17, 15) is 18.7 Å². The lowest BCUT2D eigenvalue weighted by Gasteiger charge is -2.31. The average molecular weight is 550 g/mol. The lowest BCUT2D eigenvalue weighted by atomic mass is 10.0. The molecule has 2 rings (SSSR count). The molecule has 4 N–H and O–H groups in total. The van der Waals surface area contributed by atoms with E-state index in [1.807, 2.05) is 12.1 Å². The number of hydrogen-bond donors (Lipinski definition) is 4. The van der Waals surface area contributed by atoms with Crippen molar-refractivity contribution in [1.29, 1.82) is 0 Å². The number of ether oxygens (including phenoxy) is 2. The molecule has 0 bridgehead atoms. The van der Waals surface area contributed by atoms with Gasteiger partial charge >= 0.3 is 11.9 Å². The van der Waals surface area contributed by atoms with Gasteiger partial charge in [-0.25, -0.2) is 9.78 Å². The van der Waals surface area contributed by atoms with Crippen molar-refractivity contribution in [3.8, 4) is 11.5 Å². The quantitative estimate of drug-likeness (QED) is 0.114. The van der Waals surface area contributed by atoms with Crippen LogP contribution in [0.2, 0.25) is 0 Å². The van der Waals surface area contributed by atoms with Gasteiger partial charge in [0.25, 0.3) is 0 Å². The fourth-order valence-corrected chi connectivity index (χ4v) is 5.16. The largest absolute Gasteiger partial charge is 0.497 e. The third-order valence-electron chi connectivity index (χ3n) is 5.93. The van der Waals surface area contributed by atoms with E-state index in [1.165, 1.54) is 17.7 Å². The number of benzene rings is 1. The molecule has 2 aromatic rings. The number of aliphatic carboxylic acids is 2. The van der Waals surface area contributed by atoms with Crippen LogP contribution >= 0.6 is 10.6 Å². The zero-order chi connectivity index (χ0) is 27.8. The van der Waals surface area contributed by atoms with Crippen LogP contribution < -0.4 is 9.47 Å². The molecule has 0 spiro atoms. The fraction of sp³-hybridized carbons (Fsp3) is 0.464. The van der Waals surface area contributed by atoms with Gasteiger partial charge in [0, 0.05) is 18.2 Å². The van der Waals surface area contributed by atoms with Crippen molar-refractivity contribution >= 4 is 28.6 Å². The highest BCUT2D eigenvalue weighted by Crippen LogP contribution is 2.48. The highest BCUT2D eigenvalue weighted by Gasteiger charge is 2.19. The first-order chi connectivity index (χ1) is 18.2. The molecule has 1 aromatic carbocycles. The molecule has 0 aliphatic rings. The number of carboxylic acids is 2. The Bertz CT molecular complexity index is 1040. The lowest BCUT2D eigenvalue weighted by molar-refractivity contribution is -0.137.